The third kappa shape index (κ3) is 10.7. The lowest BCUT2D eigenvalue weighted by Gasteiger charge is -2.32. The lowest BCUT2D eigenvalue weighted by molar-refractivity contribution is 0.821. The van der Waals surface area contributed by atoms with Gasteiger partial charge in [0.1, 0.15) is 0 Å². The highest BCUT2D eigenvalue weighted by molar-refractivity contribution is 6.10. The molecule has 0 saturated carbocycles. The maximum absolute atomic E-state index is 9.69. The van der Waals surface area contributed by atoms with Gasteiger partial charge in [-0.15, -0.1) is 0 Å². The Morgan fingerprint density at radius 3 is 1.99 bits per heavy atom. The highest BCUT2D eigenvalue weighted by Crippen LogP contribution is 2.38. The number of hydrogen-bond donors (Lipinski definition) is 1. The van der Waals surface area contributed by atoms with Crippen LogP contribution in [0.2, 0.25) is 0 Å². The van der Waals surface area contributed by atoms with Crippen LogP contribution in [0.25, 0.3) is 55.8 Å². The number of aromatic nitrogens is 1. The topological polar surface area (TPSA) is 32.0 Å². The van der Waals surface area contributed by atoms with Crippen molar-refractivity contribution in [2.24, 2.45) is 0 Å². The number of benzene rings is 6. The van der Waals surface area contributed by atoms with Gasteiger partial charge in [-0.05, 0) is 131 Å². The van der Waals surface area contributed by atoms with E-state index in [4.69, 9.17) is 0 Å². The van der Waals surface area contributed by atoms with Crippen molar-refractivity contribution in [3.8, 4) is 16.8 Å². The van der Waals surface area contributed by atoms with E-state index in [9.17, 15) is 5.41 Å². The minimum absolute atomic E-state index is 0.442. The smallest absolute Gasteiger partial charge is 0.0618 e. The van der Waals surface area contributed by atoms with Gasteiger partial charge in [0.2, 0.25) is 0 Å². The molecule has 2 heterocycles. The number of nitrogens with zero attached hydrogens (tertiary/aromatic N) is 2. The number of allylic oxidation sites excluding steroid dienone is 14. The molecule has 0 unspecified atom stereocenters. The Morgan fingerprint density at radius 2 is 1.31 bits per heavy atom. The SMILES string of the molecule is C=C\C=C/C(=C\C)C(/C=C/c1ccccc1)=C/C(=N)c1cc(C2=CC=C(N3CC/C=C\C(=C)c4ccccc43)CC2)cc(-c2ccc(-n3c4ccccc4c4ccccc43)cc2)c1.CC.CC. The summed E-state index contributed by atoms with van der Waals surface area (Å²) in [6.07, 6.45) is 25.8. The van der Waals surface area contributed by atoms with Crippen LogP contribution < -0.4 is 4.90 Å². The summed E-state index contributed by atoms with van der Waals surface area (Å²) in [6.45, 7) is 19.2. The van der Waals surface area contributed by atoms with Crippen LogP contribution >= 0.6 is 0 Å². The van der Waals surface area contributed by atoms with Gasteiger partial charge in [-0.25, -0.2) is 0 Å². The molecule has 1 aromatic heterocycles. The summed E-state index contributed by atoms with van der Waals surface area (Å²) in [5, 5.41) is 12.2. The first-order valence-corrected chi connectivity index (χ1v) is 23.8. The Bertz CT molecular complexity index is 3050. The number of hydrogen-bond acceptors (Lipinski definition) is 2. The van der Waals surface area contributed by atoms with E-state index in [1.807, 2.05) is 65.0 Å². The minimum Gasteiger partial charge on any atom is -0.344 e. The Kier molecular flexibility index (Phi) is 16.2. The van der Waals surface area contributed by atoms with Gasteiger partial charge in [-0.1, -0.05) is 193 Å². The molecule has 1 N–H and O–H groups in total. The van der Waals surface area contributed by atoms with Crippen molar-refractivity contribution in [2.75, 3.05) is 11.4 Å². The molecule has 1 aliphatic carbocycles. The van der Waals surface area contributed by atoms with Crippen LogP contribution in [0.1, 0.15) is 76.1 Å². The lowest BCUT2D eigenvalue weighted by Crippen LogP contribution is -2.26. The molecular formula is C64H63N3. The van der Waals surface area contributed by atoms with Crippen LogP contribution in [0, 0.1) is 5.41 Å². The molecular weight excluding hydrogens is 811 g/mol. The van der Waals surface area contributed by atoms with Crippen LogP contribution in [-0.2, 0) is 0 Å². The largest absolute Gasteiger partial charge is 0.344 e. The highest BCUT2D eigenvalue weighted by Gasteiger charge is 2.21. The van der Waals surface area contributed by atoms with Gasteiger partial charge >= 0.3 is 0 Å². The van der Waals surface area contributed by atoms with Gasteiger partial charge < -0.3 is 14.9 Å². The minimum atomic E-state index is 0.442. The van der Waals surface area contributed by atoms with Gasteiger partial charge in [-0.2, -0.15) is 0 Å². The predicted octanol–water partition coefficient (Wildman–Crippen LogP) is 17.7. The van der Waals surface area contributed by atoms with Crippen molar-refractivity contribution in [1.29, 1.82) is 5.41 Å². The van der Waals surface area contributed by atoms with E-state index in [-0.39, 0.29) is 0 Å². The monoisotopic (exact) mass is 874 g/mol. The quantitative estimate of drug-likeness (QED) is 0.102. The molecule has 3 nitrogen and oxygen atoms in total. The second kappa shape index (κ2) is 22.9. The first-order chi connectivity index (χ1) is 33.0. The molecule has 0 amide bonds. The molecule has 334 valence electrons. The molecule has 0 saturated heterocycles. The number of anilines is 1. The van der Waals surface area contributed by atoms with Crippen molar-refractivity contribution in [2.45, 2.75) is 53.9 Å². The standard InChI is InChI=1S/C60H51N3.2C2H6/c1-4-6-21-45(5-2)48(29-28-44-19-8-7-9-20-44)42-57(61)51-40-49(46-30-34-52(35-31-46)62-38-17-16-18-43(3)54-22-10-13-25-58(54)62)39-50(41-51)47-32-36-53(37-33-47)63-59-26-14-11-23-55(59)56-24-12-15-27-60(56)63;2*1-2/h4-16,18-30,32-34,36-37,39-42,61H,1,3,17,31,35,38H2,2H3;2*1-2H3/b18-16-,21-6-,29-28+,45-5+,48-42+,61-57?;;. The molecule has 6 aromatic carbocycles. The van der Waals surface area contributed by atoms with Crippen LogP contribution in [0.4, 0.5) is 5.69 Å². The van der Waals surface area contributed by atoms with Gasteiger partial charge in [0.25, 0.3) is 0 Å². The van der Waals surface area contributed by atoms with E-state index in [1.54, 1.807) is 6.08 Å². The molecule has 3 heteroatoms. The second-order valence-corrected chi connectivity index (χ2v) is 16.0. The molecule has 0 spiro atoms. The van der Waals surface area contributed by atoms with Gasteiger partial charge in [-0.3, -0.25) is 0 Å². The molecule has 0 radical (unpaired) electrons. The number of nitrogens with one attached hydrogen (secondary N) is 1. The van der Waals surface area contributed by atoms with E-state index in [1.165, 1.54) is 44.3 Å². The Hall–Kier alpha value is -7.75. The Labute approximate surface area is 399 Å². The fourth-order valence-electron chi connectivity index (χ4n) is 8.90. The van der Waals surface area contributed by atoms with E-state index in [0.29, 0.717) is 5.71 Å². The summed E-state index contributed by atoms with van der Waals surface area (Å²) in [6, 6.07) is 51.8. The van der Waals surface area contributed by atoms with Crippen molar-refractivity contribution >= 4 is 50.4 Å². The molecule has 0 bridgehead atoms. The van der Waals surface area contributed by atoms with E-state index < -0.39 is 0 Å². The molecule has 2 aliphatic rings. The van der Waals surface area contributed by atoms with E-state index in [2.05, 4.69) is 199 Å². The number of fused-ring (bicyclic) bond motifs is 4. The first-order valence-electron chi connectivity index (χ1n) is 23.8. The molecule has 7 aromatic rings. The van der Waals surface area contributed by atoms with Crippen molar-refractivity contribution in [1.82, 2.24) is 4.57 Å². The van der Waals surface area contributed by atoms with Gasteiger partial charge in [0.15, 0.2) is 0 Å². The summed E-state index contributed by atoms with van der Waals surface area (Å²) in [7, 11) is 0. The third-order valence-corrected chi connectivity index (χ3v) is 12.1. The average Bonchev–Trinajstić information content (AvgIpc) is 3.73. The molecule has 0 fully saturated rings. The summed E-state index contributed by atoms with van der Waals surface area (Å²) in [5.74, 6) is 0. The molecule has 67 heavy (non-hydrogen) atoms. The maximum atomic E-state index is 9.69. The van der Waals surface area contributed by atoms with Crippen LogP contribution in [0.15, 0.2) is 236 Å². The zero-order valence-electron chi connectivity index (χ0n) is 39.8. The Balaban J connectivity index is 0.00000162. The normalized spacial score (nSPS) is 14.6. The van der Waals surface area contributed by atoms with Crippen LogP contribution in [0.5, 0.6) is 0 Å². The van der Waals surface area contributed by atoms with Gasteiger partial charge in [0, 0.05) is 45.5 Å². The summed E-state index contributed by atoms with van der Waals surface area (Å²) in [5.41, 5.74) is 17.2. The van der Waals surface area contributed by atoms with Crippen molar-refractivity contribution in [3.05, 3.63) is 259 Å². The zero-order valence-corrected chi connectivity index (χ0v) is 39.8. The number of rotatable bonds is 11. The average molecular weight is 874 g/mol. The van der Waals surface area contributed by atoms with E-state index >= 15 is 0 Å². The zero-order chi connectivity index (χ0) is 47.1. The third-order valence-electron chi connectivity index (χ3n) is 12.1. The molecule has 1 aliphatic heterocycles. The van der Waals surface area contributed by atoms with Crippen LogP contribution in [-0.4, -0.2) is 16.8 Å². The first kappa shape index (κ1) is 47.2. The fraction of sp³-hybridized carbons (Fsp3) is 0.141. The maximum Gasteiger partial charge on any atom is 0.0618 e. The van der Waals surface area contributed by atoms with Crippen molar-refractivity contribution < 1.29 is 0 Å². The predicted molar refractivity (Wildman–Crippen MR) is 294 cm³/mol. The Morgan fingerprint density at radius 1 is 0.657 bits per heavy atom. The lowest BCUT2D eigenvalue weighted by atomic mass is 9.89. The molecule has 9 rings (SSSR count). The van der Waals surface area contributed by atoms with E-state index in [0.717, 1.165) is 76.0 Å². The van der Waals surface area contributed by atoms with Crippen LogP contribution in [0.3, 0.4) is 0 Å². The number of para-hydroxylation sites is 3. The fourth-order valence-corrected chi connectivity index (χ4v) is 8.90. The molecule has 0 atom stereocenters. The van der Waals surface area contributed by atoms with Crippen molar-refractivity contribution in [3.63, 3.8) is 0 Å². The second-order valence-electron chi connectivity index (χ2n) is 16.0. The summed E-state index contributed by atoms with van der Waals surface area (Å²) in [4.78, 5) is 2.47. The summed E-state index contributed by atoms with van der Waals surface area (Å²) < 4.78 is 2.36. The van der Waals surface area contributed by atoms with Gasteiger partial charge in [0.05, 0.1) is 16.7 Å². The summed E-state index contributed by atoms with van der Waals surface area (Å²) >= 11 is 0. The highest BCUT2D eigenvalue weighted by atomic mass is 15.1.